The number of hydrogen-bond donors (Lipinski definition) is 0. The monoisotopic (exact) mass is 370 g/mol. The topological polar surface area (TPSA) is 57.7 Å². The van der Waals surface area contributed by atoms with Crippen LogP contribution in [0.15, 0.2) is 16.3 Å². The standard InChI is InChI=1S/C17H26N2O3S2/c1-14-7-8-17(23-14)24(21,22)19-11-9-18(10-12-19)16(20)13-15-5-3-2-4-6-15/h7-8,15H,2-6,9-13H2,1H3. The zero-order valence-electron chi connectivity index (χ0n) is 14.2. The second kappa shape index (κ2) is 7.54. The van der Waals surface area contributed by atoms with Crippen LogP contribution < -0.4 is 0 Å². The minimum absolute atomic E-state index is 0.200. The molecule has 5 nitrogen and oxygen atoms in total. The summed E-state index contributed by atoms with van der Waals surface area (Å²) in [5.41, 5.74) is 0. The highest BCUT2D eigenvalue weighted by Crippen LogP contribution is 2.28. The van der Waals surface area contributed by atoms with E-state index in [1.807, 2.05) is 17.9 Å². The molecule has 1 saturated carbocycles. The number of thiophene rings is 1. The highest BCUT2D eigenvalue weighted by molar-refractivity contribution is 7.91. The fourth-order valence-corrected chi connectivity index (χ4v) is 6.48. The van der Waals surface area contributed by atoms with Gasteiger partial charge in [0.05, 0.1) is 0 Å². The van der Waals surface area contributed by atoms with Gasteiger partial charge in [0.15, 0.2) is 0 Å². The molecular formula is C17H26N2O3S2. The summed E-state index contributed by atoms with van der Waals surface area (Å²) in [6.45, 7) is 3.72. The molecule has 1 aliphatic carbocycles. The SMILES string of the molecule is Cc1ccc(S(=O)(=O)N2CCN(C(=O)CC3CCCCC3)CC2)s1. The summed E-state index contributed by atoms with van der Waals surface area (Å²) >= 11 is 1.31. The summed E-state index contributed by atoms with van der Waals surface area (Å²) in [6, 6.07) is 3.51. The van der Waals surface area contributed by atoms with E-state index in [1.165, 1.54) is 34.9 Å². The Hall–Kier alpha value is -0.920. The predicted molar refractivity (Wildman–Crippen MR) is 95.6 cm³/mol. The van der Waals surface area contributed by atoms with Crippen molar-refractivity contribution in [1.29, 1.82) is 0 Å². The summed E-state index contributed by atoms with van der Waals surface area (Å²) < 4.78 is 27.2. The number of piperazine rings is 1. The van der Waals surface area contributed by atoms with E-state index in [-0.39, 0.29) is 5.91 Å². The van der Waals surface area contributed by atoms with E-state index in [0.717, 1.165) is 17.7 Å². The molecule has 2 heterocycles. The van der Waals surface area contributed by atoms with Crippen LogP contribution in [0.3, 0.4) is 0 Å². The quantitative estimate of drug-likeness (QED) is 0.819. The Morgan fingerprint density at radius 2 is 1.79 bits per heavy atom. The van der Waals surface area contributed by atoms with Crippen molar-refractivity contribution in [2.75, 3.05) is 26.2 Å². The van der Waals surface area contributed by atoms with Crippen LogP contribution in [-0.4, -0.2) is 49.7 Å². The van der Waals surface area contributed by atoms with Crippen molar-refractivity contribution >= 4 is 27.3 Å². The minimum Gasteiger partial charge on any atom is -0.340 e. The fraction of sp³-hybridized carbons (Fsp3) is 0.706. The Morgan fingerprint density at radius 3 is 2.38 bits per heavy atom. The van der Waals surface area contributed by atoms with E-state index < -0.39 is 10.0 Å². The van der Waals surface area contributed by atoms with Gasteiger partial charge in [0.1, 0.15) is 4.21 Å². The van der Waals surface area contributed by atoms with E-state index in [2.05, 4.69) is 0 Å². The van der Waals surface area contributed by atoms with Crippen LogP contribution in [-0.2, 0) is 14.8 Å². The normalized spacial score (nSPS) is 21.1. The lowest BCUT2D eigenvalue weighted by atomic mass is 9.86. The summed E-state index contributed by atoms with van der Waals surface area (Å²) in [5, 5.41) is 0. The molecule has 0 N–H and O–H groups in total. The zero-order chi connectivity index (χ0) is 17.2. The Kier molecular flexibility index (Phi) is 5.62. The van der Waals surface area contributed by atoms with E-state index in [4.69, 9.17) is 0 Å². The molecule has 3 rings (SSSR count). The molecule has 7 heteroatoms. The van der Waals surface area contributed by atoms with Crippen molar-refractivity contribution in [2.24, 2.45) is 5.92 Å². The molecule has 1 aromatic rings. The fourth-order valence-electron chi connectivity index (χ4n) is 3.62. The third-order valence-corrected chi connectivity index (χ3v) is 8.46. The van der Waals surface area contributed by atoms with Crippen LogP contribution >= 0.6 is 11.3 Å². The average Bonchev–Trinajstić information content (AvgIpc) is 3.03. The molecule has 1 amide bonds. The van der Waals surface area contributed by atoms with Gasteiger partial charge in [-0.25, -0.2) is 8.42 Å². The van der Waals surface area contributed by atoms with Crippen molar-refractivity contribution in [2.45, 2.75) is 49.7 Å². The highest BCUT2D eigenvalue weighted by atomic mass is 32.2. The number of nitrogens with zero attached hydrogens (tertiary/aromatic N) is 2. The first-order valence-electron chi connectivity index (χ1n) is 8.81. The molecule has 0 atom stereocenters. The first-order valence-corrected chi connectivity index (χ1v) is 11.1. The van der Waals surface area contributed by atoms with Crippen LogP contribution in [0.1, 0.15) is 43.4 Å². The van der Waals surface area contributed by atoms with Crippen molar-refractivity contribution in [3.05, 3.63) is 17.0 Å². The molecule has 0 radical (unpaired) electrons. The number of hydrogen-bond acceptors (Lipinski definition) is 4. The van der Waals surface area contributed by atoms with E-state index in [1.54, 1.807) is 6.07 Å². The third kappa shape index (κ3) is 4.00. The molecule has 0 unspecified atom stereocenters. The van der Waals surface area contributed by atoms with Crippen LogP contribution in [0.4, 0.5) is 0 Å². The largest absolute Gasteiger partial charge is 0.340 e. The van der Waals surface area contributed by atoms with Gasteiger partial charge in [0.2, 0.25) is 5.91 Å². The smallest absolute Gasteiger partial charge is 0.252 e. The summed E-state index contributed by atoms with van der Waals surface area (Å²) in [5.74, 6) is 0.730. The molecule has 0 aromatic carbocycles. The van der Waals surface area contributed by atoms with Crippen molar-refractivity contribution in [1.82, 2.24) is 9.21 Å². The molecule has 0 spiro atoms. The number of rotatable bonds is 4. The number of amides is 1. The minimum atomic E-state index is -3.40. The zero-order valence-corrected chi connectivity index (χ0v) is 15.9. The molecule has 2 aliphatic rings. The maximum atomic E-state index is 12.6. The molecular weight excluding hydrogens is 344 g/mol. The molecule has 1 aliphatic heterocycles. The van der Waals surface area contributed by atoms with Crippen molar-refractivity contribution in [3.63, 3.8) is 0 Å². The summed E-state index contributed by atoms with van der Waals surface area (Å²) in [6.07, 6.45) is 6.74. The van der Waals surface area contributed by atoms with Gasteiger partial charge in [0.25, 0.3) is 10.0 Å². The lowest BCUT2D eigenvalue weighted by molar-refractivity contribution is -0.133. The van der Waals surface area contributed by atoms with Crippen LogP contribution in [0.5, 0.6) is 0 Å². The van der Waals surface area contributed by atoms with Gasteiger partial charge in [-0.2, -0.15) is 4.31 Å². The lowest BCUT2D eigenvalue weighted by Crippen LogP contribution is -2.50. The maximum Gasteiger partial charge on any atom is 0.252 e. The van der Waals surface area contributed by atoms with Crippen LogP contribution in [0.25, 0.3) is 0 Å². The van der Waals surface area contributed by atoms with Gasteiger partial charge in [-0.3, -0.25) is 4.79 Å². The predicted octanol–water partition coefficient (Wildman–Crippen LogP) is 2.86. The van der Waals surface area contributed by atoms with Crippen molar-refractivity contribution in [3.8, 4) is 0 Å². The molecule has 134 valence electrons. The molecule has 2 fully saturated rings. The van der Waals surface area contributed by atoms with Crippen LogP contribution in [0, 0.1) is 12.8 Å². The highest BCUT2D eigenvalue weighted by Gasteiger charge is 2.31. The van der Waals surface area contributed by atoms with Crippen LogP contribution in [0.2, 0.25) is 0 Å². The molecule has 1 aromatic heterocycles. The Morgan fingerprint density at radius 1 is 1.12 bits per heavy atom. The Bertz CT molecular complexity index is 670. The molecule has 0 bridgehead atoms. The second-order valence-electron chi connectivity index (χ2n) is 6.86. The average molecular weight is 371 g/mol. The summed E-state index contributed by atoms with van der Waals surface area (Å²) in [7, 11) is -3.40. The first-order chi connectivity index (χ1) is 11.5. The van der Waals surface area contributed by atoms with Gasteiger partial charge in [0, 0.05) is 37.5 Å². The van der Waals surface area contributed by atoms with Gasteiger partial charge >= 0.3 is 0 Å². The molecule has 1 saturated heterocycles. The number of carbonyl (C=O) groups excluding carboxylic acids is 1. The van der Waals surface area contributed by atoms with E-state index >= 15 is 0 Å². The van der Waals surface area contributed by atoms with Gasteiger partial charge in [-0.15, -0.1) is 11.3 Å². The van der Waals surface area contributed by atoms with Gasteiger partial charge in [-0.1, -0.05) is 19.3 Å². The first kappa shape index (κ1) is 17.9. The van der Waals surface area contributed by atoms with Gasteiger partial charge in [-0.05, 0) is 37.8 Å². The number of aryl methyl sites for hydroxylation is 1. The lowest BCUT2D eigenvalue weighted by Gasteiger charge is -2.34. The Balaban J connectivity index is 1.54. The van der Waals surface area contributed by atoms with Crippen molar-refractivity contribution < 1.29 is 13.2 Å². The third-order valence-electron chi connectivity index (χ3n) is 5.09. The second-order valence-corrected chi connectivity index (χ2v) is 10.3. The van der Waals surface area contributed by atoms with Gasteiger partial charge < -0.3 is 4.90 Å². The Labute approximate surface area is 148 Å². The number of sulfonamides is 1. The number of carbonyl (C=O) groups is 1. The van der Waals surface area contributed by atoms with E-state index in [0.29, 0.717) is 42.7 Å². The maximum absolute atomic E-state index is 12.6. The molecule has 24 heavy (non-hydrogen) atoms. The van der Waals surface area contributed by atoms with E-state index in [9.17, 15) is 13.2 Å². The summed E-state index contributed by atoms with van der Waals surface area (Å²) in [4.78, 5) is 15.3.